The first-order valence-electron chi connectivity index (χ1n) is 6.72. The fourth-order valence-corrected chi connectivity index (χ4v) is 2.62. The van der Waals surface area contributed by atoms with Crippen molar-refractivity contribution in [3.8, 4) is 5.75 Å². The molecule has 0 spiro atoms. The number of aromatic nitrogens is 1. The molecule has 0 saturated heterocycles. The van der Waals surface area contributed by atoms with Crippen LogP contribution >= 0.6 is 11.3 Å². The van der Waals surface area contributed by atoms with Crippen LogP contribution in [0.3, 0.4) is 0 Å². The van der Waals surface area contributed by atoms with Gasteiger partial charge in [-0.2, -0.15) is 0 Å². The minimum atomic E-state index is -0.441. The van der Waals surface area contributed by atoms with Gasteiger partial charge in [-0.05, 0) is 19.4 Å². The highest BCUT2D eigenvalue weighted by Crippen LogP contribution is 2.30. The van der Waals surface area contributed by atoms with E-state index < -0.39 is 4.92 Å². The summed E-state index contributed by atoms with van der Waals surface area (Å²) in [5.41, 5.74) is 0.752. The van der Waals surface area contributed by atoms with E-state index in [1.807, 2.05) is 6.20 Å². The van der Waals surface area contributed by atoms with E-state index in [0.717, 1.165) is 17.1 Å². The minimum Gasteiger partial charge on any atom is -0.487 e. The van der Waals surface area contributed by atoms with Gasteiger partial charge in [-0.1, -0.05) is 6.92 Å². The number of aryl methyl sites for hydroxylation is 1. The molecule has 1 heterocycles. The molecule has 0 atom stereocenters. The third-order valence-corrected chi connectivity index (χ3v) is 3.99. The highest BCUT2D eigenvalue weighted by Gasteiger charge is 2.15. The van der Waals surface area contributed by atoms with Gasteiger partial charge in [0.1, 0.15) is 5.01 Å². The van der Waals surface area contributed by atoms with E-state index in [1.54, 1.807) is 30.4 Å². The Balaban J connectivity index is 2.09. The first kappa shape index (κ1) is 15.2. The van der Waals surface area contributed by atoms with Gasteiger partial charge >= 0.3 is 5.69 Å². The van der Waals surface area contributed by atoms with E-state index in [4.69, 9.17) is 4.74 Å². The first-order valence-corrected chi connectivity index (χ1v) is 7.54. The van der Waals surface area contributed by atoms with Crippen LogP contribution < -0.4 is 10.1 Å². The Morgan fingerprint density at radius 2 is 2.24 bits per heavy atom. The number of ether oxygens (including phenoxy) is 1. The molecule has 0 fully saturated rings. The Kier molecular flexibility index (Phi) is 5.10. The molecule has 0 unspecified atom stereocenters. The van der Waals surface area contributed by atoms with Gasteiger partial charge in [0.2, 0.25) is 0 Å². The van der Waals surface area contributed by atoms with Crippen LogP contribution in [0.2, 0.25) is 0 Å². The molecule has 21 heavy (non-hydrogen) atoms. The predicted molar refractivity (Wildman–Crippen MR) is 83.1 cm³/mol. The van der Waals surface area contributed by atoms with Gasteiger partial charge < -0.3 is 10.1 Å². The number of rotatable bonds is 7. The Labute approximate surface area is 126 Å². The molecular weight excluding hydrogens is 290 g/mol. The standard InChI is InChI=1S/C14H17N3O3S/c1-3-11-8-16-14(21-11)9-15-10-5-6-12(17(18)19)13(7-10)20-4-2/h5-8,15H,3-4,9H2,1-2H3. The molecule has 0 bridgehead atoms. The Bertz CT molecular complexity index is 628. The van der Waals surface area contributed by atoms with Crippen LogP contribution in [-0.4, -0.2) is 16.5 Å². The molecule has 1 aromatic heterocycles. The van der Waals surface area contributed by atoms with Crippen molar-refractivity contribution >= 4 is 22.7 Å². The summed E-state index contributed by atoms with van der Waals surface area (Å²) < 4.78 is 5.32. The topological polar surface area (TPSA) is 77.3 Å². The van der Waals surface area contributed by atoms with Crippen LogP contribution in [0, 0.1) is 10.1 Å². The Hall–Kier alpha value is -2.15. The second kappa shape index (κ2) is 7.03. The Morgan fingerprint density at radius 1 is 1.43 bits per heavy atom. The SMILES string of the molecule is CCOc1cc(NCc2ncc(CC)s2)ccc1[N+](=O)[O-]. The fraction of sp³-hybridized carbons (Fsp3) is 0.357. The molecule has 7 heteroatoms. The number of thiazole rings is 1. The van der Waals surface area contributed by atoms with Gasteiger partial charge in [0.05, 0.1) is 18.1 Å². The van der Waals surface area contributed by atoms with E-state index in [1.165, 1.54) is 10.9 Å². The second-order valence-corrected chi connectivity index (χ2v) is 5.50. The molecular formula is C14H17N3O3S. The van der Waals surface area contributed by atoms with Crippen molar-refractivity contribution in [1.82, 2.24) is 4.98 Å². The van der Waals surface area contributed by atoms with Crippen molar-refractivity contribution in [2.45, 2.75) is 26.8 Å². The zero-order valence-corrected chi connectivity index (χ0v) is 12.8. The quantitative estimate of drug-likeness (QED) is 0.624. The number of nitro groups is 1. The average Bonchev–Trinajstić information content (AvgIpc) is 2.93. The molecule has 112 valence electrons. The van der Waals surface area contributed by atoms with Crippen LogP contribution in [0.1, 0.15) is 23.7 Å². The van der Waals surface area contributed by atoms with Gasteiger partial charge in [-0.25, -0.2) is 4.98 Å². The van der Waals surface area contributed by atoms with Crippen molar-refractivity contribution in [2.75, 3.05) is 11.9 Å². The second-order valence-electron chi connectivity index (χ2n) is 4.30. The summed E-state index contributed by atoms with van der Waals surface area (Å²) in [5, 5.41) is 15.1. The monoisotopic (exact) mass is 307 g/mol. The average molecular weight is 307 g/mol. The summed E-state index contributed by atoms with van der Waals surface area (Å²) in [6, 6.07) is 4.78. The third kappa shape index (κ3) is 3.91. The molecule has 0 radical (unpaired) electrons. The lowest BCUT2D eigenvalue weighted by Gasteiger charge is -2.08. The van der Waals surface area contributed by atoms with E-state index in [2.05, 4.69) is 17.2 Å². The van der Waals surface area contributed by atoms with Crippen LogP contribution in [0.4, 0.5) is 11.4 Å². The number of hydrogen-bond acceptors (Lipinski definition) is 6. The third-order valence-electron chi connectivity index (χ3n) is 2.85. The number of benzene rings is 1. The van der Waals surface area contributed by atoms with E-state index in [0.29, 0.717) is 13.2 Å². The number of nitrogens with one attached hydrogen (secondary N) is 1. The summed E-state index contributed by atoms with van der Waals surface area (Å²) in [7, 11) is 0. The van der Waals surface area contributed by atoms with Gasteiger partial charge in [0.25, 0.3) is 0 Å². The van der Waals surface area contributed by atoms with Crippen LogP contribution in [-0.2, 0) is 13.0 Å². The molecule has 2 aromatic rings. The number of nitro benzene ring substituents is 1. The van der Waals surface area contributed by atoms with Gasteiger partial charge in [-0.15, -0.1) is 11.3 Å². The zero-order valence-electron chi connectivity index (χ0n) is 12.0. The molecule has 0 aliphatic carbocycles. The highest BCUT2D eigenvalue weighted by atomic mass is 32.1. The number of hydrogen-bond donors (Lipinski definition) is 1. The lowest BCUT2D eigenvalue weighted by Crippen LogP contribution is -2.01. The summed E-state index contributed by atoms with van der Waals surface area (Å²) in [4.78, 5) is 16.0. The lowest BCUT2D eigenvalue weighted by atomic mass is 10.2. The first-order chi connectivity index (χ1) is 10.1. The maximum atomic E-state index is 10.9. The maximum absolute atomic E-state index is 10.9. The molecule has 6 nitrogen and oxygen atoms in total. The van der Waals surface area contributed by atoms with E-state index >= 15 is 0 Å². The van der Waals surface area contributed by atoms with Gasteiger partial charge in [0, 0.05) is 28.9 Å². The molecule has 1 aromatic carbocycles. The largest absolute Gasteiger partial charge is 0.487 e. The summed E-state index contributed by atoms with van der Waals surface area (Å²) in [6.07, 6.45) is 2.85. The summed E-state index contributed by atoms with van der Waals surface area (Å²) in [6.45, 7) is 4.87. The van der Waals surface area contributed by atoms with Crippen molar-refractivity contribution < 1.29 is 9.66 Å². The van der Waals surface area contributed by atoms with E-state index in [-0.39, 0.29) is 11.4 Å². The zero-order chi connectivity index (χ0) is 15.2. The molecule has 1 N–H and O–H groups in total. The summed E-state index contributed by atoms with van der Waals surface area (Å²) in [5.74, 6) is 0.279. The summed E-state index contributed by atoms with van der Waals surface area (Å²) >= 11 is 1.66. The van der Waals surface area contributed by atoms with Crippen molar-refractivity contribution in [3.05, 3.63) is 44.4 Å². The molecule has 0 amide bonds. The highest BCUT2D eigenvalue weighted by molar-refractivity contribution is 7.11. The van der Waals surface area contributed by atoms with Crippen molar-refractivity contribution in [3.63, 3.8) is 0 Å². The minimum absolute atomic E-state index is 0.0232. The normalized spacial score (nSPS) is 10.4. The van der Waals surface area contributed by atoms with Crippen LogP contribution in [0.5, 0.6) is 5.75 Å². The van der Waals surface area contributed by atoms with Crippen molar-refractivity contribution in [2.24, 2.45) is 0 Å². The number of anilines is 1. The fourth-order valence-electron chi connectivity index (χ4n) is 1.82. The van der Waals surface area contributed by atoms with Gasteiger partial charge in [-0.3, -0.25) is 10.1 Å². The predicted octanol–water partition coefficient (Wildman–Crippen LogP) is 3.62. The molecule has 0 aliphatic heterocycles. The van der Waals surface area contributed by atoms with Crippen LogP contribution in [0.25, 0.3) is 0 Å². The Morgan fingerprint density at radius 3 is 2.86 bits per heavy atom. The lowest BCUT2D eigenvalue weighted by molar-refractivity contribution is -0.385. The molecule has 2 rings (SSSR count). The molecule has 0 saturated carbocycles. The van der Waals surface area contributed by atoms with Crippen molar-refractivity contribution in [1.29, 1.82) is 0 Å². The maximum Gasteiger partial charge on any atom is 0.311 e. The smallest absolute Gasteiger partial charge is 0.311 e. The molecule has 0 aliphatic rings. The van der Waals surface area contributed by atoms with Crippen LogP contribution in [0.15, 0.2) is 24.4 Å². The number of nitrogens with zero attached hydrogens (tertiary/aromatic N) is 2. The van der Waals surface area contributed by atoms with E-state index in [9.17, 15) is 10.1 Å². The van der Waals surface area contributed by atoms with Gasteiger partial charge in [0.15, 0.2) is 5.75 Å².